The van der Waals surface area contributed by atoms with Gasteiger partial charge in [-0.1, -0.05) is 66.2 Å². The number of hydrogen-bond acceptors (Lipinski definition) is 28. The molecular formula is C80H119N25O25S2. The summed E-state index contributed by atoms with van der Waals surface area (Å²) in [6, 6.07) is -17.8. The number of imidazole rings is 2. The molecule has 0 aliphatic carbocycles. The fraction of sp³-hybridized carbons (Fsp3) is 0.562. The minimum Gasteiger partial charge on any atom is -0.481 e. The molecule has 1 fully saturated rings. The summed E-state index contributed by atoms with van der Waals surface area (Å²) in [7, 11) is 0. The first-order valence-corrected chi connectivity index (χ1v) is 43.4. The number of fused-ring (bicyclic) bond motifs is 1. The summed E-state index contributed by atoms with van der Waals surface area (Å²) in [6.45, 7) is 7.74. The van der Waals surface area contributed by atoms with Crippen molar-refractivity contribution in [3.05, 3.63) is 72.5 Å². The molecule has 3 aromatic heterocycles. The zero-order valence-electron chi connectivity index (χ0n) is 73.5. The minimum absolute atomic E-state index is 0.00351. The number of carbonyl (C=O) groups is 21. The van der Waals surface area contributed by atoms with E-state index in [1.807, 2.05) is 0 Å². The molecule has 4 heterocycles. The van der Waals surface area contributed by atoms with Crippen LogP contribution < -0.4 is 103 Å². The second-order valence-electron chi connectivity index (χ2n) is 32.2. The molecule has 0 saturated carbocycles. The van der Waals surface area contributed by atoms with E-state index in [1.54, 1.807) is 58.2 Å². The van der Waals surface area contributed by atoms with Gasteiger partial charge < -0.3 is 143 Å². The summed E-state index contributed by atoms with van der Waals surface area (Å²) in [4.78, 5) is 302. The Bertz CT molecular complexity index is 4730. The Morgan fingerprint density at radius 3 is 1.47 bits per heavy atom. The number of aromatic nitrogens is 5. The van der Waals surface area contributed by atoms with Crippen LogP contribution in [0.1, 0.15) is 130 Å². The van der Waals surface area contributed by atoms with Gasteiger partial charge in [0.25, 0.3) is 0 Å². The second-order valence-corrected chi connectivity index (χ2v) is 32.9. The van der Waals surface area contributed by atoms with Gasteiger partial charge in [0.15, 0.2) is 0 Å². The van der Waals surface area contributed by atoms with Gasteiger partial charge in [-0.15, -0.1) is 0 Å². The fourth-order valence-electron chi connectivity index (χ4n) is 13.6. The first-order valence-electron chi connectivity index (χ1n) is 42.1. The minimum atomic E-state index is -2.01. The maximum atomic E-state index is 15.0. The SMILES string of the molecule is CC[C@H](C)[C@H](NC(=O)CNC(=O)[C@@H]1CCCN1C(=O)[C@H](CO)NC(=O)[C@H](CS)NC(=O)[C@H](CC(=O)O)NC(=O)[C@@H](NC(=O)[C@H](CCC(N)=O)NC(=O)CNC(=O)[C@@H](N)Cc1c[nH]cn1)C(C)C)C(=O)N[C@@H](Cc1c[nH]c2ccccc12)C(=O)N[C@@H](CCC(N)=O)C(=O)N[C@@H](CC(C)C)C(=O)N[C@@H](CC(=O)O)C(=O)N[C@@H](CS)C(=O)N[C@H](C(=O)N[C@@H](Cc1c[nH]cn1)C(N)=O)[C@@H](C)O. The number of hydrogen-bond donors (Lipinski definition) is 28. The first kappa shape index (κ1) is 109. The number of carbonyl (C=O) groups excluding carboxylic acids is 19. The summed E-state index contributed by atoms with van der Waals surface area (Å²) in [6.07, 6.45) is 0.891. The number of aromatic amines is 3. The van der Waals surface area contributed by atoms with E-state index in [4.69, 9.17) is 22.9 Å². The number of rotatable bonds is 57. The number of nitrogens with zero attached hydrogens (tertiary/aromatic N) is 3. The van der Waals surface area contributed by atoms with Gasteiger partial charge in [0.2, 0.25) is 112 Å². The molecule has 726 valence electrons. The van der Waals surface area contributed by atoms with Crippen molar-refractivity contribution in [3.63, 3.8) is 0 Å². The number of thiol groups is 2. The number of benzene rings is 1. The van der Waals surface area contributed by atoms with Crippen LogP contribution in [-0.2, 0) is 120 Å². The predicted molar refractivity (Wildman–Crippen MR) is 471 cm³/mol. The molecule has 17 atom stereocenters. The second kappa shape index (κ2) is 53.7. The molecule has 0 radical (unpaired) electrons. The Hall–Kier alpha value is -13.4. The van der Waals surface area contributed by atoms with Gasteiger partial charge in [-0.2, -0.15) is 25.3 Å². The Kier molecular flexibility index (Phi) is 44.4. The number of para-hydroxylation sites is 1. The monoisotopic (exact) mass is 1890 g/mol. The van der Waals surface area contributed by atoms with Crippen LogP contribution in [0.4, 0.5) is 0 Å². The molecule has 1 aliphatic heterocycles. The van der Waals surface area contributed by atoms with Crippen LogP contribution in [0.5, 0.6) is 0 Å². The lowest BCUT2D eigenvalue weighted by molar-refractivity contribution is -0.143. The number of amides is 19. The van der Waals surface area contributed by atoms with Crippen LogP contribution in [0, 0.1) is 17.8 Å². The quantitative estimate of drug-likeness (QED) is 0.0183. The normalized spacial score (nSPS) is 16.0. The molecule has 19 amide bonds. The van der Waals surface area contributed by atoms with E-state index in [9.17, 15) is 121 Å². The Morgan fingerprint density at radius 1 is 0.500 bits per heavy atom. The molecule has 0 spiro atoms. The van der Waals surface area contributed by atoms with Crippen molar-refractivity contribution < 1.29 is 121 Å². The van der Waals surface area contributed by atoms with Gasteiger partial charge in [-0.05, 0) is 68.4 Å². The number of likely N-dealkylation sites (tertiary alicyclic amines) is 1. The summed E-state index contributed by atoms with van der Waals surface area (Å²) in [5, 5.41) is 77.1. The van der Waals surface area contributed by atoms with Gasteiger partial charge in [0.05, 0.1) is 68.7 Å². The topological polar surface area (TPSA) is 800 Å². The van der Waals surface area contributed by atoms with Gasteiger partial charge >= 0.3 is 11.9 Å². The number of carboxylic acid groups (broad SMARTS) is 2. The number of aliphatic hydroxyl groups excluding tert-OH is 2. The van der Waals surface area contributed by atoms with E-state index in [1.165, 1.54) is 38.9 Å². The number of H-pyrrole nitrogens is 3. The van der Waals surface area contributed by atoms with Crippen molar-refractivity contribution in [2.24, 2.45) is 40.7 Å². The molecule has 1 aliphatic rings. The largest absolute Gasteiger partial charge is 0.481 e. The Balaban J connectivity index is 1.27. The number of aliphatic carboxylic acids is 2. The third-order valence-electron chi connectivity index (χ3n) is 20.9. The third-order valence-corrected chi connectivity index (χ3v) is 21.7. The van der Waals surface area contributed by atoms with E-state index >= 15 is 0 Å². The Labute approximate surface area is 767 Å². The van der Waals surface area contributed by atoms with Crippen LogP contribution in [0.15, 0.2) is 55.5 Å². The highest BCUT2D eigenvalue weighted by molar-refractivity contribution is 7.80. The van der Waals surface area contributed by atoms with Gasteiger partial charge in [0, 0.05) is 79.6 Å². The predicted octanol–water partition coefficient (Wildman–Crippen LogP) is -9.56. The molecule has 0 bridgehead atoms. The average molecular weight is 1900 g/mol. The van der Waals surface area contributed by atoms with E-state index in [0.717, 1.165) is 11.8 Å². The van der Waals surface area contributed by atoms with Crippen LogP contribution >= 0.6 is 25.3 Å². The lowest BCUT2D eigenvalue weighted by Crippen LogP contribution is -2.62. The molecule has 132 heavy (non-hydrogen) atoms. The van der Waals surface area contributed by atoms with Gasteiger partial charge in [-0.25, -0.2) is 9.97 Å². The third kappa shape index (κ3) is 35.1. The fourth-order valence-corrected chi connectivity index (χ4v) is 14.1. The van der Waals surface area contributed by atoms with E-state index < -0.39 is 308 Å². The number of carboxylic acids is 2. The van der Waals surface area contributed by atoms with Crippen molar-refractivity contribution in [2.75, 3.05) is 37.7 Å². The molecule has 50 nitrogen and oxygen atoms in total. The summed E-state index contributed by atoms with van der Waals surface area (Å²) in [5.74, 6) is -26.4. The van der Waals surface area contributed by atoms with E-state index in [-0.39, 0.29) is 51.5 Å². The first-order chi connectivity index (χ1) is 62.3. The Morgan fingerprint density at radius 2 is 0.947 bits per heavy atom. The lowest BCUT2D eigenvalue weighted by Gasteiger charge is -2.30. The maximum Gasteiger partial charge on any atom is 0.305 e. The number of aliphatic hydroxyl groups is 2. The van der Waals surface area contributed by atoms with Crippen LogP contribution in [0.25, 0.3) is 10.9 Å². The lowest BCUT2D eigenvalue weighted by atomic mass is 9.97. The van der Waals surface area contributed by atoms with Crippen LogP contribution in [0.3, 0.4) is 0 Å². The van der Waals surface area contributed by atoms with Crippen LogP contribution in [0.2, 0.25) is 0 Å². The summed E-state index contributed by atoms with van der Waals surface area (Å²) in [5.41, 5.74) is 24.1. The smallest absolute Gasteiger partial charge is 0.305 e. The zero-order valence-corrected chi connectivity index (χ0v) is 75.3. The van der Waals surface area contributed by atoms with Crippen molar-refractivity contribution >= 4 is 160 Å². The molecule has 1 aromatic carbocycles. The van der Waals surface area contributed by atoms with Crippen molar-refractivity contribution in [1.29, 1.82) is 0 Å². The molecule has 5 rings (SSSR count). The maximum absolute atomic E-state index is 15.0. The molecular weight excluding hydrogens is 1780 g/mol. The van der Waals surface area contributed by atoms with Crippen molar-refractivity contribution in [2.45, 2.75) is 229 Å². The standard InChI is InChI=1S/C80H119N25O25S2/c1-8-38(6)64(102-60(111)30-89-76(126)56-14-11-19-105(56)80(130)53(31-106)99-74(124)54(32-131)100-73(123)52(25-62(114)115)98-77(127)63(37(4)5)103-69(119)46(15-17-57(82)108)92-59(110)29-88-67(117)44(81)22-41-27-85-34-90-41)78(128)97-50(21-40-26-87-45-13-10-9-12-43(40)45)71(121)93-47(16-18-58(83)109)68(118)95-49(20-36(2)3)70(120)96-51(24-61(112)113)72(122)101-55(33-132)75(125)104-65(39(7)107)79(129)94-48(66(84)116)23-42-28-86-35-91-42/h9-10,12-13,26-28,34-39,44,46-56,63-65,87,106-107,131-132H,8,11,14-25,29-33,81H2,1-7H3,(H2,82,108)(H2,83,109)(H2,84,116)(H,85,90)(H,86,91)(H,88,117)(H,89,126)(H,92,110)(H,93,121)(H,94,129)(H,95,118)(H,96,120)(H,97,128)(H,98,127)(H,99,124)(H,100,123)(H,101,122)(H,102,111)(H,103,119)(H,104,125)(H,112,113)(H,114,115)/t38-,39+,44-,46-,47-,48-,49-,50-,51-,52-,53-,54-,55-,56-,63-,64-,65-/m0/s1. The summed E-state index contributed by atoms with van der Waals surface area (Å²) >= 11 is 8.28. The van der Waals surface area contributed by atoms with E-state index in [0.29, 0.717) is 27.9 Å². The number of nitrogens with one attached hydrogen (secondary N) is 18. The zero-order chi connectivity index (χ0) is 98.5. The van der Waals surface area contributed by atoms with Gasteiger partial charge in [-0.3, -0.25) is 101 Å². The van der Waals surface area contributed by atoms with Crippen molar-refractivity contribution in [3.8, 4) is 0 Å². The molecule has 30 N–H and O–H groups in total. The highest BCUT2D eigenvalue weighted by atomic mass is 32.1. The summed E-state index contributed by atoms with van der Waals surface area (Å²) < 4.78 is 0. The highest BCUT2D eigenvalue weighted by Crippen LogP contribution is 2.23. The molecule has 1 saturated heterocycles. The van der Waals surface area contributed by atoms with Crippen molar-refractivity contribution in [1.82, 2.24) is 110 Å². The highest BCUT2D eigenvalue weighted by Gasteiger charge is 2.43. The van der Waals surface area contributed by atoms with Gasteiger partial charge in [0.1, 0.15) is 84.6 Å². The molecule has 4 aromatic rings. The van der Waals surface area contributed by atoms with E-state index in [2.05, 4.69) is 130 Å². The number of nitrogens with two attached hydrogens (primary N) is 4. The number of primary amides is 3. The molecule has 0 unspecified atom stereocenters. The van der Waals surface area contributed by atoms with Crippen LogP contribution in [-0.4, -0.2) is 309 Å². The average Bonchev–Trinajstić information content (AvgIpc) is 1.67. The molecule has 52 heteroatoms.